The fourth-order valence-electron chi connectivity index (χ4n) is 3.40. The number of pyridine rings is 1. The normalized spacial score (nSPS) is 16.6. The number of hydrogen-bond donors (Lipinski definition) is 2. The lowest BCUT2D eigenvalue weighted by Gasteiger charge is -2.20. The van der Waals surface area contributed by atoms with E-state index in [1.807, 2.05) is 49.5 Å². The number of carbonyl (C=O) groups is 1. The smallest absolute Gasteiger partial charge is 0.274 e. The largest absolute Gasteiger partial charge is 0.378 e. The third-order valence-corrected chi connectivity index (χ3v) is 5.06. The van der Waals surface area contributed by atoms with Crippen molar-refractivity contribution in [3.63, 3.8) is 0 Å². The van der Waals surface area contributed by atoms with Crippen molar-refractivity contribution in [1.82, 2.24) is 24.8 Å². The quantitative estimate of drug-likeness (QED) is 0.538. The minimum absolute atomic E-state index is 0.111. The molecule has 4 heterocycles. The van der Waals surface area contributed by atoms with Gasteiger partial charge in [0.1, 0.15) is 17.4 Å². The van der Waals surface area contributed by atoms with Gasteiger partial charge in [-0.05, 0) is 30.7 Å². The van der Waals surface area contributed by atoms with E-state index in [1.54, 1.807) is 10.6 Å². The Morgan fingerprint density at radius 2 is 2.23 bits per heavy atom. The third-order valence-electron chi connectivity index (χ3n) is 5.06. The first-order valence-corrected chi connectivity index (χ1v) is 9.68. The lowest BCUT2D eigenvalue weighted by molar-refractivity contribution is 0.0659. The molecule has 1 aromatic carbocycles. The predicted octanol–water partition coefficient (Wildman–Crippen LogP) is 2.61. The Morgan fingerprint density at radius 3 is 3.10 bits per heavy atom. The van der Waals surface area contributed by atoms with Crippen LogP contribution in [0.15, 0.2) is 53.3 Å². The molecule has 152 valence electrons. The van der Waals surface area contributed by atoms with Crippen molar-refractivity contribution < 1.29 is 14.1 Å². The number of rotatable bonds is 4. The summed E-state index contributed by atoms with van der Waals surface area (Å²) >= 11 is 0. The number of benzene rings is 1. The van der Waals surface area contributed by atoms with Gasteiger partial charge in [-0.3, -0.25) is 9.20 Å². The molecular formula is C21H20N6O3. The Morgan fingerprint density at radius 1 is 1.30 bits per heavy atom. The highest BCUT2D eigenvalue weighted by molar-refractivity contribution is 6.04. The number of imidazole rings is 1. The van der Waals surface area contributed by atoms with Crippen molar-refractivity contribution in [1.29, 1.82) is 0 Å². The summed E-state index contributed by atoms with van der Waals surface area (Å²) in [5, 5.41) is 10.4. The maximum Gasteiger partial charge on any atom is 0.274 e. The van der Waals surface area contributed by atoms with Crippen LogP contribution in [-0.4, -0.2) is 45.2 Å². The summed E-state index contributed by atoms with van der Waals surface area (Å²) in [5.74, 6) is 0.704. The standard InChI is InChI=1S/C21H20N6O3/c1-13-5-6-14(19-25-21(30-26-19)16-12-29-9-7-22-16)10-15(13)24-20(28)17-11-23-18-4-2-3-8-27(17)18/h2-6,8,10-11,16,22H,7,9,12H2,1H3,(H,24,28). The number of carbonyl (C=O) groups excluding carboxylic acids is 1. The number of ether oxygens (including phenoxy) is 1. The molecule has 1 unspecified atom stereocenters. The van der Waals surface area contributed by atoms with Crippen molar-refractivity contribution in [3.05, 3.63) is 65.9 Å². The second kappa shape index (κ2) is 7.69. The fourth-order valence-corrected chi connectivity index (χ4v) is 3.40. The Balaban J connectivity index is 1.40. The van der Waals surface area contributed by atoms with Gasteiger partial charge in [0.2, 0.25) is 11.7 Å². The molecule has 5 rings (SSSR count). The van der Waals surface area contributed by atoms with E-state index in [0.29, 0.717) is 42.0 Å². The lowest BCUT2D eigenvalue weighted by Crippen LogP contribution is -2.34. The van der Waals surface area contributed by atoms with Crippen LogP contribution < -0.4 is 10.6 Å². The van der Waals surface area contributed by atoms with Gasteiger partial charge in [0.15, 0.2) is 0 Å². The van der Waals surface area contributed by atoms with Crippen LogP contribution in [0.5, 0.6) is 0 Å². The molecule has 0 saturated carbocycles. The van der Waals surface area contributed by atoms with E-state index in [4.69, 9.17) is 9.26 Å². The molecule has 0 spiro atoms. The molecular weight excluding hydrogens is 384 g/mol. The lowest BCUT2D eigenvalue weighted by atomic mass is 10.1. The Labute approximate surface area is 172 Å². The molecule has 0 radical (unpaired) electrons. The van der Waals surface area contributed by atoms with Gasteiger partial charge in [-0.15, -0.1) is 0 Å². The number of morpholine rings is 1. The number of nitrogens with zero attached hydrogens (tertiary/aromatic N) is 4. The van der Waals surface area contributed by atoms with Gasteiger partial charge in [0.05, 0.1) is 19.4 Å². The average molecular weight is 404 g/mol. The molecule has 1 atom stereocenters. The second-order valence-electron chi connectivity index (χ2n) is 7.09. The summed E-state index contributed by atoms with van der Waals surface area (Å²) in [4.78, 5) is 21.6. The van der Waals surface area contributed by atoms with Crippen LogP contribution in [0.4, 0.5) is 5.69 Å². The van der Waals surface area contributed by atoms with Crippen molar-refractivity contribution >= 4 is 17.2 Å². The van der Waals surface area contributed by atoms with Crippen molar-refractivity contribution in [2.24, 2.45) is 0 Å². The molecule has 1 fully saturated rings. The Hall–Kier alpha value is -3.56. The van der Waals surface area contributed by atoms with Crippen LogP contribution in [0.3, 0.4) is 0 Å². The number of fused-ring (bicyclic) bond motifs is 1. The number of anilines is 1. The van der Waals surface area contributed by atoms with Crippen LogP contribution in [0.25, 0.3) is 17.0 Å². The van der Waals surface area contributed by atoms with Crippen LogP contribution in [0.2, 0.25) is 0 Å². The van der Waals surface area contributed by atoms with Crippen LogP contribution in [0, 0.1) is 6.92 Å². The second-order valence-corrected chi connectivity index (χ2v) is 7.09. The molecule has 1 aliphatic heterocycles. The number of aromatic nitrogens is 4. The Bertz CT molecular complexity index is 1210. The molecule has 30 heavy (non-hydrogen) atoms. The summed E-state index contributed by atoms with van der Waals surface area (Å²) in [6.07, 6.45) is 3.37. The first kappa shape index (κ1) is 18.5. The minimum atomic E-state index is -0.244. The zero-order chi connectivity index (χ0) is 20.5. The predicted molar refractivity (Wildman–Crippen MR) is 109 cm³/mol. The van der Waals surface area contributed by atoms with Gasteiger partial charge in [-0.2, -0.15) is 4.98 Å². The summed E-state index contributed by atoms with van der Waals surface area (Å²) in [7, 11) is 0. The average Bonchev–Trinajstić information content (AvgIpc) is 3.43. The fraction of sp³-hybridized carbons (Fsp3) is 0.238. The Kier molecular flexibility index (Phi) is 4.74. The molecule has 2 N–H and O–H groups in total. The SMILES string of the molecule is Cc1ccc(-c2noc(C3COCCN3)n2)cc1NC(=O)c1cnc2ccccn12. The molecule has 1 aliphatic rings. The van der Waals surface area contributed by atoms with Crippen LogP contribution in [-0.2, 0) is 4.74 Å². The van der Waals surface area contributed by atoms with E-state index in [1.165, 1.54) is 0 Å². The van der Waals surface area contributed by atoms with Gasteiger partial charge in [0, 0.05) is 24.0 Å². The number of hydrogen-bond acceptors (Lipinski definition) is 7. The molecule has 9 heteroatoms. The van der Waals surface area contributed by atoms with E-state index in [0.717, 1.165) is 17.7 Å². The number of nitrogens with one attached hydrogen (secondary N) is 2. The topological polar surface area (TPSA) is 107 Å². The highest BCUT2D eigenvalue weighted by Crippen LogP contribution is 2.25. The molecule has 1 saturated heterocycles. The van der Waals surface area contributed by atoms with E-state index >= 15 is 0 Å². The molecule has 0 aliphatic carbocycles. The zero-order valence-electron chi connectivity index (χ0n) is 16.3. The van der Waals surface area contributed by atoms with Gasteiger partial charge < -0.3 is 19.9 Å². The van der Waals surface area contributed by atoms with E-state index in [9.17, 15) is 4.79 Å². The minimum Gasteiger partial charge on any atom is -0.378 e. The number of aryl methyl sites for hydroxylation is 1. The first-order chi connectivity index (χ1) is 14.7. The van der Waals surface area contributed by atoms with Crippen LogP contribution >= 0.6 is 0 Å². The van der Waals surface area contributed by atoms with Crippen molar-refractivity contribution in [2.45, 2.75) is 13.0 Å². The molecule has 1 amide bonds. The summed E-state index contributed by atoms with van der Waals surface area (Å²) in [5.41, 5.74) is 3.52. The number of amides is 1. The molecule has 4 aromatic rings. The zero-order valence-corrected chi connectivity index (χ0v) is 16.3. The highest BCUT2D eigenvalue weighted by Gasteiger charge is 2.22. The van der Waals surface area contributed by atoms with Crippen LogP contribution in [0.1, 0.15) is 28.0 Å². The summed E-state index contributed by atoms with van der Waals surface area (Å²) < 4.78 is 12.6. The van der Waals surface area contributed by atoms with Gasteiger partial charge >= 0.3 is 0 Å². The van der Waals surface area contributed by atoms with Crippen molar-refractivity contribution in [3.8, 4) is 11.4 Å². The maximum atomic E-state index is 12.9. The van der Waals surface area contributed by atoms with E-state index in [-0.39, 0.29) is 11.9 Å². The van der Waals surface area contributed by atoms with Gasteiger partial charge in [-0.1, -0.05) is 23.4 Å². The molecule has 3 aromatic heterocycles. The summed E-state index contributed by atoms with van der Waals surface area (Å²) in [6, 6.07) is 11.1. The molecule has 9 nitrogen and oxygen atoms in total. The maximum absolute atomic E-state index is 12.9. The summed E-state index contributed by atoms with van der Waals surface area (Å²) in [6.45, 7) is 3.84. The monoisotopic (exact) mass is 404 g/mol. The van der Waals surface area contributed by atoms with Crippen molar-refractivity contribution in [2.75, 3.05) is 25.1 Å². The van der Waals surface area contributed by atoms with E-state index in [2.05, 4.69) is 25.8 Å². The van der Waals surface area contributed by atoms with Gasteiger partial charge in [-0.25, -0.2) is 4.98 Å². The highest BCUT2D eigenvalue weighted by atomic mass is 16.5. The third kappa shape index (κ3) is 3.44. The van der Waals surface area contributed by atoms with Gasteiger partial charge in [0.25, 0.3) is 5.91 Å². The van der Waals surface area contributed by atoms with E-state index < -0.39 is 0 Å². The first-order valence-electron chi connectivity index (χ1n) is 9.68. The molecule has 0 bridgehead atoms.